The summed E-state index contributed by atoms with van der Waals surface area (Å²) >= 11 is 0. The largest absolute Gasteiger partial charge is 0.383 e. The van der Waals surface area contributed by atoms with Gasteiger partial charge in [0.15, 0.2) is 0 Å². The van der Waals surface area contributed by atoms with Gasteiger partial charge in [-0.3, -0.25) is 0 Å². The van der Waals surface area contributed by atoms with E-state index in [1.807, 2.05) is 0 Å². The molecule has 0 spiro atoms. The molecule has 0 aliphatic heterocycles. The fraction of sp³-hybridized carbons (Fsp3) is 0.875. The third-order valence-electron chi connectivity index (χ3n) is 4.35. The first kappa shape index (κ1) is 15.7. The van der Waals surface area contributed by atoms with Crippen molar-refractivity contribution >= 4 is 0 Å². The van der Waals surface area contributed by atoms with Crippen LogP contribution in [0, 0.1) is 11.3 Å². The Bertz CT molecular complexity index is 223. The van der Waals surface area contributed by atoms with Crippen molar-refractivity contribution in [3.8, 4) is 0 Å². The summed E-state index contributed by atoms with van der Waals surface area (Å²) in [6.45, 7) is 9.09. The molecule has 1 unspecified atom stereocenters. The minimum atomic E-state index is 0.241. The van der Waals surface area contributed by atoms with Gasteiger partial charge < -0.3 is 10.1 Å². The fourth-order valence-corrected chi connectivity index (χ4v) is 2.82. The number of methoxy groups -OCH3 is 1. The van der Waals surface area contributed by atoms with E-state index in [0.717, 1.165) is 25.6 Å². The zero-order chi connectivity index (χ0) is 13.3. The molecule has 0 aromatic rings. The van der Waals surface area contributed by atoms with Gasteiger partial charge in [0.25, 0.3) is 0 Å². The first-order chi connectivity index (χ1) is 8.70. The highest BCUT2D eigenvalue weighted by atomic mass is 16.5. The minimum absolute atomic E-state index is 0.241. The lowest BCUT2D eigenvalue weighted by Crippen LogP contribution is -2.32. The molecule has 1 saturated carbocycles. The van der Waals surface area contributed by atoms with Gasteiger partial charge in [0.1, 0.15) is 0 Å². The van der Waals surface area contributed by atoms with Crippen LogP contribution < -0.4 is 5.32 Å². The molecule has 0 amide bonds. The van der Waals surface area contributed by atoms with E-state index >= 15 is 0 Å². The maximum Gasteiger partial charge on any atom is 0.0587 e. The van der Waals surface area contributed by atoms with Crippen LogP contribution >= 0.6 is 0 Å². The van der Waals surface area contributed by atoms with Crippen molar-refractivity contribution in [3.63, 3.8) is 0 Å². The Labute approximate surface area is 113 Å². The molecule has 0 aromatic carbocycles. The van der Waals surface area contributed by atoms with Crippen LogP contribution in [0.4, 0.5) is 0 Å². The van der Waals surface area contributed by atoms with Crippen molar-refractivity contribution in [3.05, 3.63) is 12.7 Å². The summed E-state index contributed by atoms with van der Waals surface area (Å²) in [5.74, 6) is 0.969. The van der Waals surface area contributed by atoms with E-state index in [9.17, 15) is 0 Å². The summed E-state index contributed by atoms with van der Waals surface area (Å²) < 4.78 is 5.06. The van der Waals surface area contributed by atoms with Crippen molar-refractivity contribution in [2.24, 2.45) is 11.3 Å². The van der Waals surface area contributed by atoms with Crippen molar-refractivity contribution in [2.75, 3.05) is 26.8 Å². The number of rotatable bonds is 9. The Morgan fingerprint density at radius 3 is 2.67 bits per heavy atom. The fourth-order valence-electron chi connectivity index (χ4n) is 2.82. The topological polar surface area (TPSA) is 21.3 Å². The van der Waals surface area contributed by atoms with E-state index in [1.54, 1.807) is 7.11 Å². The third-order valence-corrected chi connectivity index (χ3v) is 4.35. The summed E-state index contributed by atoms with van der Waals surface area (Å²) in [7, 11) is 1.75. The second-order valence-corrected chi connectivity index (χ2v) is 6.07. The molecule has 1 aliphatic carbocycles. The average molecular weight is 253 g/mol. The molecule has 106 valence electrons. The zero-order valence-electron chi connectivity index (χ0n) is 12.3. The number of hydrogen-bond acceptors (Lipinski definition) is 2. The maximum absolute atomic E-state index is 5.06. The maximum atomic E-state index is 5.06. The predicted octanol–water partition coefficient (Wildman–Crippen LogP) is 3.78. The first-order valence-electron chi connectivity index (χ1n) is 7.53. The van der Waals surface area contributed by atoms with Crippen LogP contribution in [0.2, 0.25) is 0 Å². The second-order valence-electron chi connectivity index (χ2n) is 6.07. The summed E-state index contributed by atoms with van der Waals surface area (Å²) in [5.41, 5.74) is 0.241. The van der Waals surface area contributed by atoms with Crippen LogP contribution in [-0.2, 0) is 4.74 Å². The van der Waals surface area contributed by atoms with E-state index in [0.29, 0.717) is 0 Å². The standard InChI is InChI=1S/C16H31NO/c1-4-16(2,14-17-12-13-18-3)11-10-15-8-6-5-7-9-15/h4,15,17H,1,5-14H2,2-3H3. The molecule has 0 bridgehead atoms. The van der Waals surface area contributed by atoms with Crippen LogP contribution in [0.5, 0.6) is 0 Å². The van der Waals surface area contributed by atoms with Crippen LogP contribution in [-0.4, -0.2) is 26.8 Å². The lowest BCUT2D eigenvalue weighted by molar-refractivity contribution is 0.193. The highest BCUT2D eigenvalue weighted by molar-refractivity contribution is 4.93. The number of nitrogens with one attached hydrogen (secondary N) is 1. The lowest BCUT2D eigenvalue weighted by atomic mass is 9.78. The monoisotopic (exact) mass is 253 g/mol. The Balaban J connectivity index is 2.22. The molecule has 0 heterocycles. The van der Waals surface area contributed by atoms with Gasteiger partial charge in [0, 0.05) is 20.2 Å². The minimum Gasteiger partial charge on any atom is -0.383 e. The molecule has 2 nitrogen and oxygen atoms in total. The Morgan fingerprint density at radius 2 is 2.06 bits per heavy atom. The second kappa shape index (κ2) is 8.71. The van der Waals surface area contributed by atoms with Gasteiger partial charge in [-0.1, -0.05) is 45.1 Å². The van der Waals surface area contributed by atoms with Gasteiger partial charge in [-0.2, -0.15) is 0 Å². The SMILES string of the molecule is C=CC(C)(CCC1CCCCC1)CNCCOC. The molecule has 18 heavy (non-hydrogen) atoms. The summed E-state index contributed by atoms with van der Waals surface area (Å²) in [5, 5.41) is 3.47. The molecule has 1 aliphatic rings. The van der Waals surface area contributed by atoms with Gasteiger partial charge in [-0.15, -0.1) is 6.58 Å². The molecular weight excluding hydrogens is 222 g/mol. The molecule has 1 fully saturated rings. The molecule has 2 heteroatoms. The summed E-state index contributed by atoms with van der Waals surface area (Å²) in [6.07, 6.45) is 12.0. The molecule has 0 saturated heterocycles. The van der Waals surface area contributed by atoms with Gasteiger partial charge in [0.05, 0.1) is 6.61 Å². The van der Waals surface area contributed by atoms with Crippen LogP contribution in [0.3, 0.4) is 0 Å². The number of hydrogen-bond donors (Lipinski definition) is 1. The highest BCUT2D eigenvalue weighted by Crippen LogP contribution is 2.32. The van der Waals surface area contributed by atoms with E-state index < -0.39 is 0 Å². The van der Waals surface area contributed by atoms with Crippen molar-refractivity contribution in [2.45, 2.75) is 51.9 Å². The van der Waals surface area contributed by atoms with Gasteiger partial charge in [0.2, 0.25) is 0 Å². The van der Waals surface area contributed by atoms with Crippen molar-refractivity contribution < 1.29 is 4.74 Å². The smallest absolute Gasteiger partial charge is 0.0587 e. The van der Waals surface area contributed by atoms with Crippen LogP contribution in [0.15, 0.2) is 12.7 Å². The Morgan fingerprint density at radius 1 is 1.33 bits per heavy atom. The van der Waals surface area contributed by atoms with Gasteiger partial charge in [-0.05, 0) is 24.2 Å². The lowest BCUT2D eigenvalue weighted by Gasteiger charge is -2.30. The highest BCUT2D eigenvalue weighted by Gasteiger charge is 2.22. The molecule has 0 aromatic heterocycles. The molecule has 1 N–H and O–H groups in total. The predicted molar refractivity (Wildman–Crippen MR) is 78.9 cm³/mol. The van der Waals surface area contributed by atoms with Crippen LogP contribution in [0.1, 0.15) is 51.9 Å². The molecule has 1 rings (SSSR count). The Kier molecular flexibility index (Phi) is 7.60. The van der Waals surface area contributed by atoms with E-state index in [4.69, 9.17) is 4.74 Å². The zero-order valence-corrected chi connectivity index (χ0v) is 12.3. The van der Waals surface area contributed by atoms with Crippen LogP contribution in [0.25, 0.3) is 0 Å². The normalized spacial score (nSPS) is 20.6. The van der Waals surface area contributed by atoms with E-state index in [-0.39, 0.29) is 5.41 Å². The Hall–Kier alpha value is -0.340. The molecule has 0 radical (unpaired) electrons. The summed E-state index contributed by atoms with van der Waals surface area (Å²) in [6, 6.07) is 0. The molecular formula is C16H31NO. The van der Waals surface area contributed by atoms with Crippen molar-refractivity contribution in [1.29, 1.82) is 0 Å². The third kappa shape index (κ3) is 6.01. The van der Waals surface area contributed by atoms with E-state index in [2.05, 4.69) is 24.9 Å². The average Bonchev–Trinajstić information content (AvgIpc) is 2.43. The first-order valence-corrected chi connectivity index (χ1v) is 7.53. The van der Waals surface area contributed by atoms with E-state index in [1.165, 1.54) is 44.9 Å². The quantitative estimate of drug-likeness (QED) is 0.499. The van der Waals surface area contributed by atoms with Crippen molar-refractivity contribution in [1.82, 2.24) is 5.32 Å². The molecule has 1 atom stereocenters. The number of ether oxygens (including phenoxy) is 1. The van der Waals surface area contributed by atoms with Gasteiger partial charge >= 0.3 is 0 Å². The van der Waals surface area contributed by atoms with Gasteiger partial charge in [-0.25, -0.2) is 0 Å². The summed E-state index contributed by atoms with van der Waals surface area (Å²) in [4.78, 5) is 0.